The molecular weight excluding hydrogens is 272 g/mol. The molecule has 0 unspecified atom stereocenters. The number of amides is 1. The van der Waals surface area contributed by atoms with Gasteiger partial charge in [-0.15, -0.1) is 0 Å². The molecule has 110 valence electrons. The van der Waals surface area contributed by atoms with Gasteiger partial charge in [-0.3, -0.25) is 0 Å². The number of carbonyl (C=O) groups is 1. The summed E-state index contributed by atoms with van der Waals surface area (Å²) in [4.78, 5) is 14.0. The van der Waals surface area contributed by atoms with Crippen LogP contribution in [0.2, 0.25) is 0 Å². The number of ether oxygens (including phenoxy) is 1. The predicted molar refractivity (Wildman–Crippen MR) is 69.3 cm³/mol. The van der Waals surface area contributed by atoms with E-state index in [1.807, 2.05) is 4.90 Å². The minimum Gasteiger partial charge on any atom is -0.465 e. The Morgan fingerprint density at radius 2 is 1.95 bits per heavy atom. The van der Waals surface area contributed by atoms with Gasteiger partial charge in [0.1, 0.15) is 0 Å². The highest BCUT2D eigenvalue weighted by Crippen LogP contribution is 2.29. The maximum absolute atomic E-state index is 12.3. The third-order valence-electron chi connectivity index (χ3n) is 3.13. The van der Waals surface area contributed by atoms with Crippen molar-refractivity contribution in [2.45, 2.75) is 6.61 Å². The van der Waals surface area contributed by atoms with Crippen LogP contribution in [0.1, 0.15) is 0 Å². The number of nitrogens with zero attached hydrogens (tertiary/aromatic N) is 2. The van der Waals surface area contributed by atoms with Gasteiger partial charge < -0.3 is 25.4 Å². The Kier molecular flexibility index (Phi) is 4.11. The summed E-state index contributed by atoms with van der Waals surface area (Å²) >= 11 is 0. The van der Waals surface area contributed by atoms with Crippen molar-refractivity contribution in [1.82, 2.24) is 4.90 Å². The van der Waals surface area contributed by atoms with E-state index < -0.39 is 12.7 Å². The Hall–Kier alpha value is -2.25. The molecule has 0 saturated carbocycles. The predicted octanol–water partition coefficient (Wildman–Crippen LogP) is 1.67. The molecule has 1 aromatic rings. The van der Waals surface area contributed by atoms with Crippen molar-refractivity contribution >= 4 is 17.5 Å². The molecule has 0 aliphatic carbocycles. The van der Waals surface area contributed by atoms with Crippen LogP contribution < -0.4 is 15.4 Å². The van der Waals surface area contributed by atoms with Crippen LogP contribution in [0.3, 0.4) is 0 Å². The number of nitrogen functional groups attached to an aromatic ring is 1. The average molecular weight is 287 g/mol. The molecule has 1 aliphatic rings. The van der Waals surface area contributed by atoms with Gasteiger partial charge >= 0.3 is 12.7 Å². The van der Waals surface area contributed by atoms with E-state index in [0.717, 1.165) is 0 Å². The van der Waals surface area contributed by atoms with Crippen molar-refractivity contribution in [1.29, 1.82) is 0 Å². The Morgan fingerprint density at radius 1 is 1.30 bits per heavy atom. The molecule has 1 aliphatic heterocycles. The van der Waals surface area contributed by atoms with E-state index in [4.69, 9.17) is 10.8 Å². The van der Waals surface area contributed by atoms with Crippen molar-refractivity contribution in [3.05, 3.63) is 18.2 Å². The normalized spacial score (nSPS) is 15.6. The fraction of sp³-hybridized carbons (Fsp3) is 0.417. The number of hydrogen-bond acceptors (Lipinski definition) is 4. The lowest BCUT2D eigenvalue weighted by atomic mass is 10.2. The van der Waals surface area contributed by atoms with Crippen LogP contribution in [0.15, 0.2) is 18.2 Å². The first-order valence-electron chi connectivity index (χ1n) is 6.04. The molecule has 0 bridgehead atoms. The number of alkyl halides is 2. The van der Waals surface area contributed by atoms with Crippen LogP contribution in [0, 0.1) is 0 Å². The van der Waals surface area contributed by atoms with Crippen LogP contribution in [0.5, 0.6) is 5.75 Å². The number of hydrogen-bond donors (Lipinski definition) is 2. The highest BCUT2D eigenvalue weighted by Gasteiger charge is 2.21. The number of benzene rings is 1. The van der Waals surface area contributed by atoms with Gasteiger partial charge in [0.25, 0.3) is 0 Å². The van der Waals surface area contributed by atoms with Crippen LogP contribution in [0.4, 0.5) is 25.0 Å². The molecule has 1 amide bonds. The molecule has 1 fully saturated rings. The molecule has 1 heterocycles. The number of nitrogens with two attached hydrogens (primary N) is 1. The first kappa shape index (κ1) is 14.2. The first-order chi connectivity index (χ1) is 9.47. The van der Waals surface area contributed by atoms with Gasteiger partial charge in [0.2, 0.25) is 0 Å². The Morgan fingerprint density at radius 3 is 2.50 bits per heavy atom. The molecule has 0 atom stereocenters. The summed E-state index contributed by atoms with van der Waals surface area (Å²) in [5.41, 5.74) is 6.38. The van der Waals surface area contributed by atoms with E-state index in [2.05, 4.69) is 4.74 Å². The van der Waals surface area contributed by atoms with Gasteiger partial charge in [0.15, 0.2) is 5.75 Å². The van der Waals surface area contributed by atoms with Gasteiger partial charge in [-0.1, -0.05) is 0 Å². The van der Waals surface area contributed by atoms with E-state index in [1.165, 1.54) is 17.0 Å². The van der Waals surface area contributed by atoms with E-state index in [0.29, 0.717) is 31.9 Å². The second-order valence-corrected chi connectivity index (χ2v) is 4.36. The largest absolute Gasteiger partial charge is 0.465 e. The number of anilines is 2. The van der Waals surface area contributed by atoms with Crippen molar-refractivity contribution in [3.63, 3.8) is 0 Å². The molecule has 1 saturated heterocycles. The number of rotatable bonds is 3. The zero-order valence-electron chi connectivity index (χ0n) is 10.6. The molecule has 2 rings (SSSR count). The summed E-state index contributed by atoms with van der Waals surface area (Å²) in [6, 6.07) is 4.64. The first-order valence-corrected chi connectivity index (χ1v) is 6.04. The molecule has 0 aromatic heterocycles. The fourth-order valence-electron chi connectivity index (χ4n) is 2.07. The van der Waals surface area contributed by atoms with E-state index >= 15 is 0 Å². The molecule has 1 aromatic carbocycles. The highest BCUT2D eigenvalue weighted by molar-refractivity contribution is 5.66. The molecule has 6 nitrogen and oxygen atoms in total. The number of halogens is 2. The van der Waals surface area contributed by atoms with Crippen LogP contribution in [-0.2, 0) is 0 Å². The topological polar surface area (TPSA) is 79.0 Å². The summed E-state index contributed by atoms with van der Waals surface area (Å²) in [5, 5.41) is 8.86. The monoisotopic (exact) mass is 287 g/mol. The maximum Gasteiger partial charge on any atom is 0.407 e. The SMILES string of the molecule is Nc1ccc(N2CCN(C(=O)O)CC2)cc1OC(F)F. The minimum atomic E-state index is -2.93. The fourth-order valence-corrected chi connectivity index (χ4v) is 2.07. The molecule has 0 radical (unpaired) electrons. The average Bonchev–Trinajstić information content (AvgIpc) is 2.41. The van der Waals surface area contributed by atoms with Crippen molar-refractivity contribution < 1.29 is 23.4 Å². The summed E-state index contributed by atoms with van der Waals surface area (Å²) in [6.45, 7) is -1.22. The second-order valence-electron chi connectivity index (χ2n) is 4.36. The molecule has 0 spiro atoms. The summed E-state index contributed by atoms with van der Waals surface area (Å²) in [6.07, 6.45) is -0.955. The van der Waals surface area contributed by atoms with E-state index in [-0.39, 0.29) is 11.4 Å². The Balaban J connectivity index is 2.08. The lowest BCUT2D eigenvalue weighted by Gasteiger charge is -2.34. The highest BCUT2D eigenvalue weighted by atomic mass is 19.3. The standard InChI is InChI=1S/C12H15F2N3O3/c13-11(14)20-10-7-8(1-2-9(10)15)16-3-5-17(6-4-16)12(18)19/h1-2,7,11H,3-6,15H2,(H,18,19). The van der Waals surface area contributed by atoms with E-state index in [9.17, 15) is 13.6 Å². The van der Waals surface area contributed by atoms with Gasteiger partial charge in [0, 0.05) is 37.9 Å². The third kappa shape index (κ3) is 3.19. The van der Waals surface area contributed by atoms with Crippen molar-refractivity contribution in [2.24, 2.45) is 0 Å². The van der Waals surface area contributed by atoms with Crippen molar-refractivity contribution in [3.8, 4) is 5.75 Å². The summed E-state index contributed by atoms with van der Waals surface area (Å²) < 4.78 is 28.8. The smallest absolute Gasteiger partial charge is 0.407 e. The van der Waals surface area contributed by atoms with Gasteiger partial charge in [-0.2, -0.15) is 8.78 Å². The van der Waals surface area contributed by atoms with Crippen molar-refractivity contribution in [2.75, 3.05) is 36.8 Å². The third-order valence-corrected chi connectivity index (χ3v) is 3.13. The zero-order chi connectivity index (χ0) is 14.7. The molecular formula is C12H15F2N3O3. The molecule has 8 heteroatoms. The second kappa shape index (κ2) is 5.81. The van der Waals surface area contributed by atoms with Gasteiger partial charge in [-0.25, -0.2) is 4.79 Å². The summed E-state index contributed by atoms with van der Waals surface area (Å²) in [7, 11) is 0. The Bertz CT molecular complexity index is 491. The Labute approximate surface area is 114 Å². The lowest BCUT2D eigenvalue weighted by molar-refractivity contribution is -0.0493. The molecule has 3 N–H and O–H groups in total. The van der Waals surface area contributed by atoms with Crippen LogP contribution >= 0.6 is 0 Å². The minimum absolute atomic E-state index is 0.0711. The molecule has 20 heavy (non-hydrogen) atoms. The summed E-state index contributed by atoms with van der Waals surface area (Å²) in [5.74, 6) is -0.0711. The quantitative estimate of drug-likeness (QED) is 0.827. The number of piperazine rings is 1. The lowest BCUT2D eigenvalue weighted by Crippen LogP contribution is -2.48. The number of carboxylic acid groups (broad SMARTS) is 1. The van der Waals surface area contributed by atoms with Crippen LogP contribution in [-0.4, -0.2) is 48.9 Å². The van der Waals surface area contributed by atoms with Crippen LogP contribution in [0.25, 0.3) is 0 Å². The zero-order valence-corrected chi connectivity index (χ0v) is 10.6. The maximum atomic E-state index is 12.3. The van der Waals surface area contributed by atoms with Gasteiger partial charge in [-0.05, 0) is 12.1 Å². The van der Waals surface area contributed by atoms with E-state index in [1.54, 1.807) is 6.07 Å². The van der Waals surface area contributed by atoms with Gasteiger partial charge in [0.05, 0.1) is 5.69 Å².